The Morgan fingerprint density at radius 1 is 1.43 bits per heavy atom. The average molecular weight is 305 g/mol. The number of nitro benzene ring substituents is 1. The highest BCUT2D eigenvalue weighted by Crippen LogP contribution is 2.35. The zero-order chi connectivity index (χ0) is 16.0. The van der Waals surface area contributed by atoms with Crippen LogP contribution in [-0.2, 0) is 6.18 Å². The Hall–Kier alpha value is -1.83. The number of nitro groups is 1. The number of hydrogen-bond donors (Lipinski definition) is 2. The number of halogens is 3. The van der Waals surface area contributed by atoms with Gasteiger partial charge in [0.05, 0.1) is 10.5 Å². The van der Waals surface area contributed by atoms with E-state index in [2.05, 4.69) is 5.32 Å². The predicted molar refractivity (Wildman–Crippen MR) is 74.1 cm³/mol. The van der Waals surface area contributed by atoms with Crippen LogP contribution >= 0.6 is 0 Å². The molecule has 0 aliphatic rings. The summed E-state index contributed by atoms with van der Waals surface area (Å²) in [7, 11) is 0. The third-order valence-corrected chi connectivity index (χ3v) is 3.07. The van der Waals surface area contributed by atoms with E-state index in [1.807, 2.05) is 6.92 Å². The molecule has 1 aromatic rings. The lowest BCUT2D eigenvalue weighted by Crippen LogP contribution is -2.29. The molecule has 21 heavy (non-hydrogen) atoms. The molecule has 0 amide bonds. The molecule has 0 aliphatic carbocycles. The van der Waals surface area contributed by atoms with Crippen molar-refractivity contribution in [3.8, 4) is 0 Å². The van der Waals surface area contributed by atoms with Gasteiger partial charge in [-0.1, -0.05) is 19.8 Å². The average Bonchev–Trinajstić information content (AvgIpc) is 2.42. The SMILES string of the molecule is CCCCC(CN)Nc1ccc(C(F)(F)F)cc1[N+](=O)[O-]. The third kappa shape index (κ3) is 4.89. The van der Waals surface area contributed by atoms with Crippen molar-refractivity contribution >= 4 is 11.4 Å². The summed E-state index contributed by atoms with van der Waals surface area (Å²) in [5.74, 6) is 0. The maximum Gasteiger partial charge on any atom is 0.416 e. The van der Waals surface area contributed by atoms with Crippen LogP contribution in [-0.4, -0.2) is 17.5 Å². The van der Waals surface area contributed by atoms with Crippen molar-refractivity contribution in [3.63, 3.8) is 0 Å². The van der Waals surface area contributed by atoms with Gasteiger partial charge in [0.25, 0.3) is 5.69 Å². The molecule has 0 saturated carbocycles. The highest BCUT2D eigenvalue weighted by molar-refractivity contribution is 5.63. The molecule has 0 heterocycles. The number of alkyl halides is 3. The van der Waals surface area contributed by atoms with Crippen LogP contribution in [0, 0.1) is 10.1 Å². The Bertz CT molecular complexity index is 492. The maximum atomic E-state index is 12.6. The molecule has 0 spiro atoms. The molecule has 1 rings (SSSR count). The monoisotopic (exact) mass is 305 g/mol. The van der Waals surface area contributed by atoms with Gasteiger partial charge in [0.1, 0.15) is 5.69 Å². The van der Waals surface area contributed by atoms with Crippen LogP contribution in [0.1, 0.15) is 31.7 Å². The van der Waals surface area contributed by atoms with Crippen LogP contribution < -0.4 is 11.1 Å². The lowest BCUT2D eigenvalue weighted by molar-refractivity contribution is -0.384. The van der Waals surface area contributed by atoms with Gasteiger partial charge in [-0.15, -0.1) is 0 Å². The van der Waals surface area contributed by atoms with Gasteiger partial charge in [-0.3, -0.25) is 10.1 Å². The van der Waals surface area contributed by atoms with Gasteiger partial charge in [-0.2, -0.15) is 13.2 Å². The topological polar surface area (TPSA) is 81.2 Å². The van der Waals surface area contributed by atoms with E-state index in [9.17, 15) is 23.3 Å². The first-order chi connectivity index (χ1) is 9.79. The zero-order valence-electron chi connectivity index (χ0n) is 11.6. The van der Waals surface area contributed by atoms with Crippen molar-refractivity contribution in [2.75, 3.05) is 11.9 Å². The molecule has 118 valence electrons. The van der Waals surface area contributed by atoms with E-state index in [0.717, 1.165) is 25.0 Å². The molecule has 0 saturated heterocycles. The Balaban J connectivity index is 3.03. The molecule has 1 aromatic carbocycles. The second-order valence-electron chi connectivity index (χ2n) is 4.71. The van der Waals surface area contributed by atoms with Crippen LogP contribution in [0.4, 0.5) is 24.5 Å². The fourth-order valence-corrected chi connectivity index (χ4v) is 1.90. The Morgan fingerprint density at radius 2 is 2.10 bits per heavy atom. The molecule has 3 N–H and O–H groups in total. The normalized spacial score (nSPS) is 13.0. The van der Waals surface area contributed by atoms with Crippen molar-refractivity contribution in [2.45, 2.75) is 38.4 Å². The molecule has 1 atom stereocenters. The standard InChI is InChI=1S/C13H18F3N3O2/c1-2-3-4-10(8-17)18-11-6-5-9(13(14,15)16)7-12(11)19(20)21/h5-7,10,18H,2-4,8,17H2,1H3. The number of anilines is 1. The van der Waals surface area contributed by atoms with Gasteiger partial charge in [0.15, 0.2) is 0 Å². The minimum absolute atomic E-state index is 0.0551. The quantitative estimate of drug-likeness (QED) is 0.596. The minimum Gasteiger partial charge on any atom is -0.375 e. The summed E-state index contributed by atoms with van der Waals surface area (Å²) in [6.45, 7) is 2.24. The summed E-state index contributed by atoms with van der Waals surface area (Å²) < 4.78 is 37.8. The first-order valence-electron chi connectivity index (χ1n) is 6.61. The highest BCUT2D eigenvalue weighted by atomic mass is 19.4. The molecule has 1 unspecified atom stereocenters. The van der Waals surface area contributed by atoms with Gasteiger partial charge in [0, 0.05) is 18.7 Å². The summed E-state index contributed by atoms with van der Waals surface area (Å²) in [5, 5.41) is 13.8. The molecular weight excluding hydrogens is 287 g/mol. The van der Waals surface area contributed by atoms with E-state index in [0.29, 0.717) is 12.5 Å². The summed E-state index contributed by atoms with van der Waals surface area (Å²) in [4.78, 5) is 10.1. The van der Waals surface area contributed by atoms with Crippen LogP contribution in [0.25, 0.3) is 0 Å². The summed E-state index contributed by atoms with van der Waals surface area (Å²) >= 11 is 0. The maximum absolute atomic E-state index is 12.6. The second kappa shape index (κ2) is 7.26. The molecule has 0 fully saturated rings. The van der Waals surface area contributed by atoms with Crippen LogP contribution in [0.15, 0.2) is 18.2 Å². The molecule has 0 bridgehead atoms. The second-order valence-corrected chi connectivity index (χ2v) is 4.71. The minimum atomic E-state index is -4.61. The molecular formula is C13H18F3N3O2. The number of rotatable bonds is 7. The number of nitrogens with two attached hydrogens (primary N) is 1. The zero-order valence-corrected chi connectivity index (χ0v) is 11.6. The number of unbranched alkanes of at least 4 members (excludes halogenated alkanes) is 1. The lowest BCUT2D eigenvalue weighted by atomic mass is 10.1. The largest absolute Gasteiger partial charge is 0.416 e. The van der Waals surface area contributed by atoms with Gasteiger partial charge in [0.2, 0.25) is 0 Å². The van der Waals surface area contributed by atoms with Crippen molar-refractivity contribution < 1.29 is 18.1 Å². The molecule has 8 heteroatoms. The number of nitrogens with one attached hydrogen (secondary N) is 1. The fourth-order valence-electron chi connectivity index (χ4n) is 1.90. The van der Waals surface area contributed by atoms with Gasteiger partial charge in [-0.25, -0.2) is 0 Å². The number of hydrogen-bond acceptors (Lipinski definition) is 4. The fraction of sp³-hybridized carbons (Fsp3) is 0.538. The number of nitrogens with zero attached hydrogens (tertiary/aromatic N) is 1. The van der Waals surface area contributed by atoms with Crippen LogP contribution in [0.3, 0.4) is 0 Å². The third-order valence-electron chi connectivity index (χ3n) is 3.07. The van der Waals surface area contributed by atoms with E-state index >= 15 is 0 Å². The highest BCUT2D eigenvalue weighted by Gasteiger charge is 2.33. The Kier molecular flexibility index (Phi) is 5.95. The van der Waals surface area contributed by atoms with E-state index < -0.39 is 22.4 Å². The van der Waals surface area contributed by atoms with Gasteiger partial charge in [-0.05, 0) is 18.6 Å². The van der Waals surface area contributed by atoms with E-state index in [-0.39, 0.29) is 18.3 Å². The smallest absolute Gasteiger partial charge is 0.375 e. The molecule has 0 radical (unpaired) electrons. The van der Waals surface area contributed by atoms with E-state index in [1.54, 1.807) is 0 Å². The molecule has 0 aliphatic heterocycles. The van der Waals surface area contributed by atoms with Crippen LogP contribution in [0.5, 0.6) is 0 Å². The summed E-state index contributed by atoms with van der Waals surface area (Å²) in [5.41, 5.74) is 3.99. The molecule has 0 aromatic heterocycles. The first-order valence-corrected chi connectivity index (χ1v) is 6.61. The first kappa shape index (κ1) is 17.2. The molecule has 5 nitrogen and oxygen atoms in total. The van der Waals surface area contributed by atoms with E-state index in [4.69, 9.17) is 5.73 Å². The predicted octanol–water partition coefficient (Wildman–Crippen LogP) is 3.54. The van der Waals surface area contributed by atoms with Gasteiger partial charge >= 0.3 is 6.18 Å². The lowest BCUT2D eigenvalue weighted by Gasteiger charge is -2.18. The summed E-state index contributed by atoms with van der Waals surface area (Å²) in [6.07, 6.45) is -2.10. The Morgan fingerprint density at radius 3 is 2.57 bits per heavy atom. The van der Waals surface area contributed by atoms with Crippen molar-refractivity contribution in [2.24, 2.45) is 5.73 Å². The van der Waals surface area contributed by atoms with Crippen molar-refractivity contribution in [1.29, 1.82) is 0 Å². The number of benzene rings is 1. The summed E-state index contributed by atoms with van der Waals surface area (Å²) in [6, 6.07) is 2.23. The van der Waals surface area contributed by atoms with Crippen molar-refractivity contribution in [3.05, 3.63) is 33.9 Å². The van der Waals surface area contributed by atoms with Crippen LogP contribution in [0.2, 0.25) is 0 Å². The van der Waals surface area contributed by atoms with Crippen molar-refractivity contribution in [1.82, 2.24) is 0 Å². The van der Waals surface area contributed by atoms with Gasteiger partial charge < -0.3 is 11.1 Å². The Labute approximate surface area is 120 Å². The van der Waals surface area contributed by atoms with E-state index in [1.165, 1.54) is 0 Å².